The van der Waals surface area contributed by atoms with E-state index in [2.05, 4.69) is 15.4 Å². The number of nitrogens with one attached hydrogen (secondary N) is 1. The van der Waals surface area contributed by atoms with Crippen molar-refractivity contribution in [3.05, 3.63) is 32.6 Å². The maximum atomic E-state index is 12.1. The van der Waals surface area contributed by atoms with Crippen LogP contribution in [0.5, 0.6) is 0 Å². The summed E-state index contributed by atoms with van der Waals surface area (Å²) in [6, 6.07) is 0. The third-order valence-electron chi connectivity index (χ3n) is 3.50. The first-order valence-electron chi connectivity index (χ1n) is 7.05. The molecule has 4 atom stereocenters. The van der Waals surface area contributed by atoms with Crippen molar-refractivity contribution in [3.8, 4) is 12.3 Å². The van der Waals surface area contributed by atoms with Crippen molar-refractivity contribution in [1.82, 2.24) is 9.55 Å². The molecule has 12 heteroatoms. The fourth-order valence-corrected chi connectivity index (χ4v) is 3.03. The Labute approximate surface area is 141 Å². The van der Waals surface area contributed by atoms with E-state index in [0.717, 1.165) is 4.57 Å². The van der Waals surface area contributed by atoms with Gasteiger partial charge >= 0.3 is 13.5 Å². The van der Waals surface area contributed by atoms with Crippen LogP contribution in [-0.4, -0.2) is 56.0 Å². The highest BCUT2D eigenvalue weighted by Gasteiger charge is 2.49. The number of nitrogens with zero attached hydrogens (tertiary/aromatic N) is 1. The predicted octanol–water partition coefficient (Wildman–Crippen LogP) is -1.77. The van der Waals surface area contributed by atoms with Gasteiger partial charge in [0.1, 0.15) is 24.9 Å². The van der Waals surface area contributed by atoms with E-state index in [1.165, 1.54) is 13.1 Å². The lowest BCUT2D eigenvalue weighted by Gasteiger charge is -2.24. The van der Waals surface area contributed by atoms with E-state index in [1.807, 2.05) is 0 Å². The van der Waals surface area contributed by atoms with Crippen LogP contribution in [0.25, 0.3) is 0 Å². The van der Waals surface area contributed by atoms with Gasteiger partial charge in [-0.25, -0.2) is 9.36 Å². The SMILES string of the molecule is C#CCO[C@@H]1[C@H](OP(=O)(O)O)[C@@H](CO)O[C@H]1n1cc(C)c(=O)[nH]c1=O. The molecule has 138 valence electrons. The van der Waals surface area contributed by atoms with E-state index in [0.29, 0.717) is 0 Å². The van der Waals surface area contributed by atoms with Crippen LogP contribution in [-0.2, 0) is 18.6 Å². The largest absolute Gasteiger partial charge is 0.470 e. The molecular weight excluding hydrogens is 359 g/mol. The molecule has 1 aliphatic rings. The van der Waals surface area contributed by atoms with Gasteiger partial charge in [-0.05, 0) is 6.92 Å². The fourth-order valence-electron chi connectivity index (χ4n) is 2.46. The number of phosphoric acid groups is 1. The molecule has 0 radical (unpaired) electrons. The van der Waals surface area contributed by atoms with Crippen molar-refractivity contribution in [2.24, 2.45) is 0 Å². The summed E-state index contributed by atoms with van der Waals surface area (Å²) in [4.78, 5) is 43.8. The van der Waals surface area contributed by atoms with Gasteiger partial charge in [0, 0.05) is 11.8 Å². The van der Waals surface area contributed by atoms with Crippen LogP contribution >= 0.6 is 7.82 Å². The molecule has 1 fully saturated rings. The first-order valence-corrected chi connectivity index (χ1v) is 8.58. The molecular formula is C13H17N2O9P. The zero-order valence-electron chi connectivity index (χ0n) is 13.1. The average Bonchev–Trinajstić information content (AvgIpc) is 2.84. The number of aromatic nitrogens is 2. The highest BCUT2D eigenvalue weighted by molar-refractivity contribution is 7.46. The first kappa shape index (κ1) is 19.6. The van der Waals surface area contributed by atoms with Gasteiger partial charge in [0.25, 0.3) is 5.56 Å². The third-order valence-corrected chi connectivity index (χ3v) is 4.02. The molecule has 4 N–H and O–H groups in total. The zero-order chi connectivity index (χ0) is 18.8. The standard InChI is InChI=1S/C13H17N2O9P/c1-3-4-22-10-9(24-25(19,20)21)8(6-16)23-12(10)15-5-7(2)11(17)14-13(15)18/h1,5,8-10,12,16H,4,6H2,2H3,(H,14,17,18)(H2,19,20,21)/t8-,9-,10-,12-/m1/s1. The Bertz CT molecular complexity index is 820. The van der Waals surface area contributed by atoms with Crippen LogP contribution in [0.15, 0.2) is 15.8 Å². The van der Waals surface area contributed by atoms with Gasteiger partial charge in [-0.2, -0.15) is 0 Å². The van der Waals surface area contributed by atoms with Crippen molar-refractivity contribution in [1.29, 1.82) is 0 Å². The number of terminal acetylenes is 1. The molecule has 0 spiro atoms. The number of ether oxygens (including phenoxy) is 2. The molecule has 1 aromatic heterocycles. The molecule has 0 aliphatic carbocycles. The summed E-state index contributed by atoms with van der Waals surface area (Å²) >= 11 is 0. The second kappa shape index (κ2) is 7.63. The number of hydrogen-bond acceptors (Lipinski definition) is 7. The predicted molar refractivity (Wildman–Crippen MR) is 82.5 cm³/mol. The van der Waals surface area contributed by atoms with Gasteiger partial charge in [0.2, 0.25) is 0 Å². The number of aromatic amines is 1. The van der Waals surface area contributed by atoms with Gasteiger partial charge in [-0.3, -0.25) is 18.9 Å². The van der Waals surface area contributed by atoms with Crippen molar-refractivity contribution in [3.63, 3.8) is 0 Å². The number of aryl methyl sites for hydroxylation is 1. The molecule has 2 rings (SSSR count). The van der Waals surface area contributed by atoms with Crippen LogP contribution in [0.2, 0.25) is 0 Å². The minimum Gasteiger partial charge on any atom is -0.394 e. The summed E-state index contributed by atoms with van der Waals surface area (Å²) in [7, 11) is -4.95. The summed E-state index contributed by atoms with van der Waals surface area (Å²) in [5.74, 6) is 2.18. The van der Waals surface area contributed by atoms with Crippen LogP contribution < -0.4 is 11.2 Å². The van der Waals surface area contributed by atoms with Gasteiger partial charge in [0.15, 0.2) is 6.23 Å². The molecule has 11 nitrogen and oxygen atoms in total. The quantitative estimate of drug-likeness (QED) is 0.333. The Balaban J connectivity index is 2.47. The molecule has 0 aromatic carbocycles. The number of H-pyrrole nitrogens is 1. The summed E-state index contributed by atoms with van der Waals surface area (Å²) in [5.41, 5.74) is -1.23. The van der Waals surface area contributed by atoms with Crippen LogP contribution in [0.1, 0.15) is 11.8 Å². The summed E-state index contributed by atoms with van der Waals surface area (Å²) < 4.78 is 27.6. The van der Waals surface area contributed by atoms with Crippen molar-refractivity contribution in [2.45, 2.75) is 31.5 Å². The molecule has 25 heavy (non-hydrogen) atoms. The molecule has 1 aromatic rings. The maximum Gasteiger partial charge on any atom is 0.470 e. The number of rotatable bonds is 6. The van der Waals surface area contributed by atoms with E-state index in [-0.39, 0.29) is 12.2 Å². The fraction of sp³-hybridized carbons (Fsp3) is 0.538. The lowest BCUT2D eigenvalue weighted by atomic mass is 10.1. The molecule has 0 amide bonds. The normalized spacial score (nSPS) is 26.5. The molecule has 0 saturated carbocycles. The van der Waals surface area contributed by atoms with Crippen molar-refractivity contribution < 1.29 is 33.5 Å². The van der Waals surface area contributed by atoms with E-state index in [4.69, 9.17) is 25.7 Å². The van der Waals surface area contributed by atoms with E-state index < -0.39 is 50.2 Å². The van der Waals surface area contributed by atoms with Crippen molar-refractivity contribution in [2.75, 3.05) is 13.2 Å². The number of aliphatic hydroxyl groups is 1. The molecule has 2 heterocycles. The number of hydrogen-bond donors (Lipinski definition) is 4. The Kier molecular flexibility index (Phi) is 5.97. The van der Waals surface area contributed by atoms with Gasteiger partial charge in [0.05, 0.1) is 6.61 Å². The topological polar surface area (TPSA) is 160 Å². The van der Waals surface area contributed by atoms with Gasteiger partial charge in [-0.15, -0.1) is 6.42 Å². The highest BCUT2D eigenvalue weighted by Crippen LogP contribution is 2.44. The van der Waals surface area contributed by atoms with Crippen LogP contribution in [0.4, 0.5) is 0 Å². The van der Waals surface area contributed by atoms with Crippen LogP contribution in [0.3, 0.4) is 0 Å². The minimum atomic E-state index is -4.95. The lowest BCUT2D eigenvalue weighted by Crippen LogP contribution is -2.41. The summed E-state index contributed by atoms with van der Waals surface area (Å²) in [5, 5.41) is 9.41. The summed E-state index contributed by atoms with van der Waals surface area (Å²) in [6.45, 7) is 0.531. The molecule has 1 aliphatic heterocycles. The third kappa shape index (κ3) is 4.45. The van der Waals surface area contributed by atoms with Crippen molar-refractivity contribution >= 4 is 7.82 Å². The number of aliphatic hydroxyl groups excluding tert-OH is 1. The number of phosphoric ester groups is 1. The molecule has 0 bridgehead atoms. The van der Waals surface area contributed by atoms with Gasteiger partial charge < -0.3 is 24.4 Å². The van der Waals surface area contributed by atoms with E-state index >= 15 is 0 Å². The monoisotopic (exact) mass is 376 g/mol. The lowest BCUT2D eigenvalue weighted by molar-refractivity contribution is -0.0678. The van der Waals surface area contributed by atoms with Gasteiger partial charge in [-0.1, -0.05) is 5.92 Å². The zero-order valence-corrected chi connectivity index (χ0v) is 14.0. The highest BCUT2D eigenvalue weighted by atomic mass is 31.2. The Morgan fingerprint density at radius 2 is 2.12 bits per heavy atom. The van der Waals surface area contributed by atoms with E-state index in [1.54, 1.807) is 0 Å². The average molecular weight is 376 g/mol. The first-order chi connectivity index (χ1) is 11.7. The van der Waals surface area contributed by atoms with Crippen LogP contribution in [0, 0.1) is 19.3 Å². The Hall–Kier alpha value is -1.77. The Morgan fingerprint density at radius 3 is 2.68 bits per heavy atom. The minimum absolute atomic E-state index is 0.193. The van der Waals surface area contributed by atoms with E-state index in [9.17, 15) is 19.3 Å². The molecule has 0 unspecified atom stereocenters. The Morgan fingerprint density at radius 1 is 1.44 bits per heavy atom. The second-order valence-electron chi connectivity index (χ2n) is 5.27. The smallest absolute Gasteiger partial charge is 0.394 e. The maximum absolute atomic E-state index is 12.1. The molecule has 1 saturated heterocycles. The summed E-state index contributed by atoms with van der Waals surface area (Å²) in [6.07, 6.45) is 1.28. The second-order valence-corrected chi connectivity index (χ2v) is 6.46.